The van der Waals surface area contributed by atoms with Crippen LogP contribution in [-0.2, 0) is 19.4 Å². The lowest BCUT2D eigenvalue weighted by molar-refractivity contribution is 0.357. The van der Waals surface area contributed by atoms with Crippen LogP contribution in [0.3, 0.4) is 0 Å². The molecule has 0 saturated heterocycles. The molecule has 0 radical (unpaired) electrons. The summed E-state index contributed by atoms with van der Waals surface area (Å²) in [7, 11) is 1.78. The van der Waals surface area contributed by atoms with Crippen molar-refractivity contribution in [3.05, 3.63) is 59.4 Å². The van der Waals surface area contributed by atoms with Gasteiger partial charge in [-0.25, -0.2) is 0 Å². The molecule has 2 aromatic rings. The maximum Gasteiger partial charge on any atom is 0.191 e. The van der Waals surface area contributed by atoms with Gasteiger partial charge in [0.05, 0.1) is 18.8 Å². The van der Waals surface area contributed by atoms with Crippen LogP contribution in [0, 0.1) is 0 Å². The summed E-state index contributed by atoms with van der Waals surface area (Å²) in [4.78, 5) is 8.53. The number of aliphatic imine (C=N–C) groups is 1. The Morgan fingerprint density at radius 3 is 2.96 bits per heavy atom. The normalized spacial score (nSPS) is 12.8. The van der Waals surface area contributed by atoms with Crippen molar-refractivity contribution in [3.63, 3.8) is 0 Å². The minimum absolute atomic E-state index is 0. The molecule has 0 amide bonds. The van der Waals surface area contributed by atoms with Crippen LogP contribution < -0.4 is 15.4 Å². The maximum absolute atomic E-state index is 5.54. The zero-order chi connectivity index (χ0) is 15.9. The van der Waals surface area contributed by atoms with Gasteiger partial charge in [0.2, 0.25) is 0 Å². The lowest BCUT2D eigenvalue weighted by Gasteiger charge is -2.12. The van der Waals surface area contributed by atoms with Gasteiger partial charge in [-0.1, -0.05) is 18.2 Å². The van der Waals surface area contributed by atoms with Gasteiger partial charge in [-0.15, -0.1) is 24.0 Å². The van der Waals surface area contributed by atoms with Crippen molar-refractivity contribution in [2.24, 2.45) is 4.99 Å². The van der Waals surface area contributed by atoms with E-state index in [-0.39, 0.29) is 24.0 Å². The number of nitrogens with one attached hydrogen (secondary N) is 2. The molecule has 128 valence electrons. The molecule has 5 nitrogen and oxygen atoms in total. The van der Waals surface area contributed by atoms with Crippen LogP contribution in [0.25, 0.3) is 0 Å². The predicted molar refractivity (Wildman–Crippen MR) is 107 cm³/mol. The zero-order valence-electron chi connectivity index (χ0n) is 13.8. The van der Waals surface area contributed by atoms with Crippen molar-refractivity contribution >= 4 is 29.9 Å². The predicted octanol–water partition coefficient (Wildman–Crippen LogP) is 2.54. The Kier molecular flexibility index (Phi) is 7.30. The molecule has 0 spiro atoms. The number of rotatable bonds is 5. The molecule has 0 aliphatic carbocycles. The summed E-state index contributed by atoms with van der Waals surface area (Å²) < 4.78 is 5.54. The highest BCUT2D eigenvalue weighted by Gasteiger charge is 2.11. The SMILES string of the molecule is CN=C(NCCc1ccc2c(c1)CCO2)NCc1ccccn1.I. The van der Waals surface area contributed by atoms with Gasteiger partial charge in [-0.05, 0) is 35.7 Å². The third-order valence-corrected chi connectivity index (χ3v) is 3.85. The fraction of sp³-hybridized carbons (Fsp3) is 0.333. The lowest BCUT2D eigenvalue weighted by atomic mass is 10.1. The van der Waals surface area contributed by atoms with E-state index in [1.807, 2.05) is 18.2 Å². The molecule has 6 heteroatoms. The molecular formula is C18H23IN4O. The standard InChI is InChI=1S/C18H22N4O.HI/c1-19-18(22-13-16-4-2-3-9-20-16)21-10-7-14-5-6-17-15(12-14)8-11-23-17;/h2-6,9,12H,7-8,10-11,13H2,1H3,(H2,19,21,22);1H. The number of aromatic nitrogens is 1. The second kappa shape index (κ2) is 9.46. The second-order valence-electron chi connectivity index (χ2n) is 5.46. The summed E-state index contributed by atoms with van der Waals surface area (Å²) in [6, 6.07) is 12.3. The summed E-state index contributed by atoms with van der Waals surface area (Å²) in [5.41, 5.74) is 3.64. The van der Waals surface area contributed by atoms with Crippen molar-refractivity contribution in [1.82, 2.24) is 15.6 Å². The fourth-order valence-corrected chi connectivity index (χ4v) is 2.62. The van der Waals surface area contributed by atoms with Gasteiger partial charge in [-0.2, -0.15) is 0 Å². The van der Waals surface area contributed by atoms with Crippen LogP contribution in [0.15, 0.2) is 47.6 Å². The largest absolute Gasteiger partial charge is 0.493 e. The topological polar surface area (TPSA) is 58.5 Å². The quantitative estimate of drug-likeness (QED) is 0.428. The molecule has 1 aromatic heterocycles. The summed E-state index contributed by atoms with van der Waals surface area (Å²) in [6.07, 6.45) is 3.77. The molecule has 0 fully saturated rings. The highest BCUT2D eigenvalue weighted by molar-refractivity contribution is 14.0. The Labute approximate surface area is 160 Å². The highest BCUT2D eigenvalue weighted by Crippen LogP contribution is 2.25. The summed E-state index contributed by atoms with van der Waals surface area (Å²) in [6.45, 7) is 2.30. The van der Waals surface area contributed by atoms with Gasteiger partial charge in [0.1, 0.15) is 5.75 Å². The minimum Gasteiger partial charge on any atom is -0.493 e. The van der Waals surface area contributed by atoms with Crippen LogP contribution in [0.5, 0.6) is 5.75 Å². The van der Waals surface area contributed by atoms with Crippen LogP contribution in [0.4, 0.5) is 0 Å². The number of guanidine groups is 1. The molecule has 2 N–H and O–H groups in total. The number of fused-ring (bicyclic) bond motifs is 1. The molecule has 0 atom stereocenters. The minimum atomic E-state index is 0. The maximum atomic E-state index is 5.54. The van der Waals surface area contributed by atoms with Gasteiger partial charge < -0.3 is 15.4 Å². The molecule has 1 aliphatic heterocycles. The first-order chi connectivity index (χ1) is 11.3. The monoisotopic (exact) mass is 438 g/mol. The van der Waals surface area contributed by atoms with E-state index < -0.39 is 0 Å². The third kappa shape index (κ3) is 5.09. The van der Waals surface area contributed by atoms with E-state index >= 15 is 0 Å². The van der Waals surface area contributed by atoms with Crippen LogP contribution in [0.1, 0.15) is 16.8 Å². The van der Waals surface area contributed by atoms with E-state index in [9.17, 15) is 0 Å². The number of hydrogen-bond acceptors (Lipinski definition) is 3. The second-order valence-corrected chi connectivity index (χ2v) is 5.46. The van der Waals surface area contributed by atoms with E-state index in [2.05, 4.69) is 38.8 Å². The zero-order valence-corrected chi connectivity index (χ0v) is 16.1. The Bertz CT molecular complexity index is 676. The van der Waals surface area contributed by atoms with Crippen LogP contribution in [-0.4, -0.2) is 31.1 Å². The molecule has 24 heavy (non-hydrogen) atoms. The molecule has 3 rings (SSSR count). The number of nitrogens with zero attached hydrogens (tertiary/aromatic N) is 2. The van der Waals surface area contributed by atoms with Crippen molar-refractivity contribution < 1.29 is 4.74 Å². The lowest BCUT2D eigenvalue weighted by Crippen LogP contribution is -2.38. The number of ether oxygens (including phenoxy) is 1. The van der Waals surface area contributed by atoms with Gasteiger partial charge >= 0.3 is 0 Å². The first kappa shape index (κ1) is 18.5. The van der Waals surface area contributed by atoms with Crippen LogP contribution in [0.2, 0.25) is 0 Å². The van der Waals surface area contributed by atoms with Crippen molar-refractivity contribution in [2.75, 3.05) is 20.2 Å². The van der Waals surface area contributed by atoms with Gasteiger partial charge in [-0.3, -0.25) is 9.98 Å². The van der Waals surface area contributed by atoms with Crippen molar-refractivity contribution in [2.45, 2.75) is 19.4 Å². The Hall–Kier alpha value is -1.83. The summed E-state index contributed by atoms with van der Waals surface area (Å²) in [5.74, 6) is 1.83. The molecule has 1 aliphatic rings. The van der Waals surface area contributed by atoms with E-state index in [1.54, 1.807) is 13.2 Å². The summed E-state index contributed by atoms with van der Waals surface area (Å²) >= 11 is 0. The smallest absolute Gasteiger partial charge is 0.191 e. The number of halogens is 1. The number of pyridine rings is 1. The number of benzene rings is 1. The average molecular weight is 438 g/mol. The Morgan fingerprint density at radius 2 is 2.17 bits per heavy atom. The molecule has 0 saturated carbocycles. The highest BCUT2D eigenvalue weighted by atomic mass is 127. The Morgan fingerprint density at radius 1 is 1.25 bits per heavy atom. The van der Waals surface area contributed by atoms with E-state index in [0.717, 1.165) is 43.4 Å². The van der Waals surface area contributed by atoms with Crippen molar-refractivity contribution in [3.8, 4) is 5.75 Å². The Balaban J connectivity index is 0.00000208. The third-order valence-electron chi connectivity index (χ3n) is 3.85. The molecule has 0 bridgehead atoms. The van der Waals surface area contributed by atoms with Crippen molar-refractivity contribution in [1.29, 1.82) is 0 Å². The molecule has 1 aromatic carbocycles. The van der Waals surface area contributed by atoms with Gasteiger partial charge in [0, 0.05) is 26.2 Å². The fourth-order valence-electron chi connectivity index (χ4n) is 2.62. The van der Waals surface area contributed by atoms with Crippen LogP contribution >= 0.6 is 24.0 Å². The van der Waals surface area contributed by atoms with E-state index in [1.165, 1.54) is 11.1 Å². The molecule has 2 heterocycles. The van der Waals surface area contributed by atoms with E-state index in [0.29, 0.717) is 6.54 Å². The first-order valence-electron chi connectivity index (χ1n) is 7.94. The molecule has 0 unspecified atom stereocenters. The first-order valence-corrected chi connectivity index (χ1v) is 7.94. The molecular weight excluding hydrogens is 415 g/mol. The summed E-state index contributed by atoms with van der Waals surface area (Å²) in [5, 5.41) is 6.61. The number of hydrogen-bond donors (Lipinski definition) is 2. The van der Waals surface area contributed by atoms with Gasteiger partial charge in [0.15, 0.2) is 5.96 Å². The van der Waals surface area contributed by atoms with Gasteiger partial charge in [0.25, 0.3) is 0 Å². The average Bonchev–Trinajstić information content (AvgIpc) is 3.06. The van der Waals surface area contributed by atoms with E-state index in [4.69, 9.17) is 4.74 Å².